The van der Waals surface area contributed by atoms with Crippen molar-refractivity contribution in [3.8, 4) is 0 Å². The number of carboxylic acid groups (broad SMARTS) is 1. The maximum atomic E-state index is 11.6. The van der Waals surface area contributed by atoms with Crippen molar-refractivity contribution in [3.05, 3.63) is 0 Å². The lowest BCUT2D eigenvalue weighted by molar-refractivity contribution is -0.144. The van der Waals surface area contributed by atoms with E-state index in [1.807, 2.05) is 0 Å². The fourth-order valence-electron chi connectivity index (χ4n) is 1.34. The molecule has 0 fully saturated rings. The van der Waals surface area contributed by atoms with Gasteiger partial charge in [-0.1, -0.05) is 0 Å². The van der Waals surface area contributed by atoms with Gasteiger partial charge in [0.15, 0.2) is 6.04 Å². The number of aliphatic carboxylic acids is 1. The monoisotopic (exact) mass is 318 g/mol. The molecule has 10 nitrogen and oxygen atoms in total. The van der Waals surface area contributed by atoms with Crippen molar-refractivity contribution in [2.75, 3.05) is 6.54 Å². The van der Waals surface area contributed by atoms with Gasteiger partial charge in [-0.15, -0.1) is 0 Å². The summed E-state index contributed by atoms with van der Waals surface area (Å²) >= 11 is 0. The smallest absolute Gasteiger partial charge is 0.328 e. The summed E-state index contributed by atoms with van der Waals surface area (Å²) in [7, 11) is 0. The van der Waals surface area contributed by atoms with Crippen molar-refractivity contribution in [2.24, 2.45) is 5.73 Å². The molecule has 0 aromatic carbocycles. The predicted molar refractivity (Wildman–Crippen MR) is 75.5 cm³/mol. The molecule has 0 radical (unpaired) electrons. The van der Waals surface area contributed by atoms with Gasteiger partial charge in [0.25, 0.3) is 0 Å². The lowest BCUT2D eigenvalue weighted by Crippen LogP contribution is -2.53. The van der Waals surface area contributed by atoms with Crippen LogP contribution in [0.1, 0.15) is 20.8 Å². The molecule has 126 valence electrons. The van der Waals surface area contributed by atoms with Gasteiger partial charge in [0, 0.05) is 0 Å². The number of aliphatic hydroxyl groups excluding tert-OH is 1. The van der Waals surface area contributed by atoms with E-state index in [-0.39, 0.29) is 0 Å². The minimum Gasteiger partial charge on any atom is -0.480 e. The molecule has 3 amide bonds. The van der Waals surface area contributed by atoms with Crippen molar-refractivity contribution >= 4 is 23.7 Å². The Bertz CT molecular complexity index is 437. The average molecular weight is 318 g/mol. The summed E-state index contributed by atoms with van der Waals surface area (Å²) in [6, 6.07) is -3.15. The number of rotatable bonds is 8. The number of nitrogens with two attached hydrogens (primary N) is 1. The molecule has 0 rings (SSSR count). The summed E-state index contributed by atoms with van der Waals surface area (Å²) in [6.45, 7) is 3.58. The maximum absolute atomic E-state index is 11.6. The summed E-state index contributed by atoms with van der Waals surface area (Å²) in [5, 5.41) is 24.6. The van der Waals surface area contributed by atoms with Gasteiger partial charge in [-0.3, -0.25) is 14.4 Å². The molecule has 10 heteroatoms. The van der Waals surface area contributed by atoms with Crippen molar-refractivity contribution in [2.45, 2.75) is 45.0 Å². The molecule has 0 bridgehead atoms. The zero-order valence-corrected chi connectivity index (χ0v) is 12.6. The van der Waals surface area contributed by atoms with Gasteiger partial charge in [0.2, 0.25) is 17.7 Å². The maximum Gasteiger partial charge on any atom is 0.328 e. The first kappa shape index (κ1) is 19.8. The van der Waals surface area contributed by atoms with Crippen LogP contribution in [0.5, 0.6) is 0 Å². The largest absolute Gasteiger partial charge is 0.480 e. The normalized spacial score (nSPS) is 15.9. The zero-order chi connectivity index (χ0) is 17.4. The lowest BCUT2D eigenvalue weighted by atomic mass is 10.2. The van der Waals surface area contributed by atoms with Gasteiger partial charge < -0.3 is 31.9 Å². The number of nitrogens with one attached hydrogen (secondary N) is 3. The van der Waals surface area contributed by atoms with E-state index in [2.05, 4.69) is 16.0 Å². The molecule has 0 aromatic heterocycles. The highest BCUT2D eigenvalue weighted by Crippen LogP contribution is 1.92. The van der Waals surface area contributed by atoms with Crippen LogP contribution in [0.4, 0.5) is 0 Å². The Labute approximate surface area is 127 Å². The molecule has 0 heterocycles. The van der Waals surface area contributed by atoms with Gasteiger partial charge in [-0.25, -0.2) is 4.79 Å². The highest BCUT2D eigenvalue weighted by molar-refractivity contribution is 5.92. The summed E-state index contributed by atoms with van der Waals surface area (Å²) in [6.07, 6.45) is -1.29. The van der Waals surface area contributed by atoms with E-state index in [1.165, 1.54) is 20.8 Å². The number of carboxylic acids is 1. The minimum atomic E-state index is -1.47. The van der Waals surface area contributed by atoms with Gasteiger partial charge in [-0.2, -0.15) is 0 Å². The first-order valence-corrected chi connectivity index (χ1v) is 6.60. The molecular formula is C12H22N4O6. The van der Waals surface area contributed by atoms with Crippen LogP contribution in [0.3, 0.4) is 0 Å². The number of amides is 3. The topological polar surface area (TPSA) is 171 Å². The van der Waals surface area contributed by atoms with E-state index in [0.29, 0.717) is 0 Å². The fourth-order valence-corrected chi connectivity index (χ4v) is 1.34. The Morgan fingerprint density at radius 3 is 2.00 bits per heavy atom. The van der Waals surface area contributed by atoms with Gasteiger partial charge in [0.05, 0.1) is 18.7 Å². The van der Waals surface area contributed by atoms with Crippen LogP contribution in [0.15, 0.2) is 0 Å². The molecule has 0 aliphatic rings. The van der Waals surface area contributed by atoms with Crippen molar-refractivity contribution in [1.82, 2.24) is 16.0 Å². The highest BCUT2D eigenvalue weighted by Gasteiger charge is 2.25. The molecule has 0 saturated heterocycles. The minimum absolute atomic E-state index is 0.492. The van der Waals surface area contributed by atoms with Crippen molar-refractivity contribution in [3.63, 3.8) is 0 Å². The molecule has 4 atom stereocenters. The number of carbonyl (C=O) groups excluding carboxylic acids is 3. The van der Waals surface area contributed by atoms with E-state index in [4.69, 9.17) is 10.8 Å². The van der Waals surface area contributed by atoms with Crippen molar-refractivity contribution in [1.29, 1.82) is 0 Å². The Balaban J connectivity index is 4.32. The SMILES string of the molecule is CC(N)C(=O)NC(C)C(=O)NCC(=O)NC(C(=O)O)C(C)O. The first-order valence-electron chi connectivity index (χ1n) is 6.60. The van der Waals surface area contributed by atoms with Crippen LogP contribution in [0, 0.1) is 0 Å². The molecule has 0 aliphatic carbocycles. The molecule has 0 saturated carbocycles. The molecule has 7 N–H and O–H groups in total. The predicted octanol–water partition coefficient (Wildman–Crippen LogP) is -3.10. The van der Waals surface area contributed by atoms with E-state index in [1.54, 1.807) is 0 Å². The molecule has 4 unspecified atom stereocenters. The molecule has 0 spiro atoms. The van der Waals surface area contributed by atoms with Crippen LogP contribution in [0.25, 0.3) is 0 Å². The van der Waals surface area contributed by atoms with Gasteiger partial charge in [0.1, 0.15) is 6.04 Å². The molecule has 22 heavy (non-hydrogen) atoms. The average Bonchev–Trinajstić information content (AvgIpc) is 2.40. The van der Waals surface area contributed by atoms with Crippen LogP contribution in [0.2, 0.25) is 0 Å². The van der Waals surface area contributed by atoms with Crippen LogP contribution < -0.4 is 21.7 Å². The van der Waals surface area contributed by atoms with E-state index in [0.717, 1.165) is 0 Å². The summed E-state index contributed by atoms with van der Waals surface area (Å²) in [4.78, 5) is 45.2. The van der Waals surface area contributed by atoms with Crippen LogP contribution >= 0.6 is 0 Å². The quantitative estimate of drug-likeness (QED) is 0.275. The Morgan fingerprint density at radius 1 is 1.05 bits per heavy atom. The van der Waals surface area contributed by atoms with Crippen molar-refractivity contribution < 1.29 is 29.4 Å². The summed E-state index contributed by atoms with van der Waals surface area (Å²) < 4.78 is 0. The number of hydrogen-bond acceptors (Lipinski definition) is 6. The molecule has 0 aliphatic heterocycles. The molecule has 0 aromatic rings. The second kappa shape index (κ2) is 8.95. The van der Waals surface area contributed by atoms with Crippen LogP contribution in [-0.4, -0.2) is 64.7 Å². The highest BCUT2D eigenvalue weighted by atomic mass is 16.4. The third-order valence-corrected chi connectivity index (χ3v) is 2.65. The van der Waals surface area contributed by atoms with Gasteiger partial charge in [-0.05, 0) is 20.8 Å². The van der Waals surface area contributed by atoms with Gasteiger partial charge >= 0.3 is 5.97 Å². The van der Waals surface area contributed by atoms with E-state index >= 15 is 0 Å². The fraction of sp³-hybridized carbons (Fsp3) is 0.667. The standard InChI is InChI=1S/C12H22N4O6/c1-5(13)10(19)15-6(2)11(20)14-4-8(18)16-9(7(3)17)12(21)22/h5-7,9,17H,4,13H2,1-3H3,(H,14,20)(H,15,19)(H,16,18)(H,21,22). The third kappa shape index (κ3) is 6.99. The number of carbonyl (C=O) groups is 4. The Morgan fingerprint density at radius 2 is 1.59 bits per heavy atom. The Kier molecular flexibility index (Phi) is 8.05. The first-order chi connectivity index (χ1) is 10.1. The summed E-state index contributed by atoms with van der Waals surface area (Å²) in [5.74, 6) is -3.33. The second-order valence-electron chi connectivity index (χ2n) is 4.86. The number of hydrogen-bond donors (Lipinski definition) is 6. The lowest BCUT2D eigenvalue weighted by Gasteiger charge is -2.18. The molecular weight excluding hydrogens is 296 g/mol. The zero-order valence-electron chi connectivity index (χ0n) is 12.6. The summed E-state index contributed by atoms with van der Waals surface area (Å²) in [5.41, 5.74) is 5.33. The second-order valence-corrected chi connectivity index (χ2v) is 4.86. The number of aliphatic hydroxyl groups is 1. The third-order valence-electron chi connectivity index (χ3n) is 2.65. The van der Waals surface area contributed by atoms with Crippen LogP contribution in [-0.2, 0) is 19.2 Å². The Hall–Kier alpha value is -2.20. The van der Waals surface area contributed by atoms with E-state index < -0.39 is 54.5 Å². The van der Waals surface area contributed by atoms with E-state index in [9.17, 15) is 24.3 Å².